The molecule has 0 aliphatic rings. The van der Waals surface area contributed by atoms with Crippen molar-refractivity contribution in [2.24, 2.45) is 5.73 Å². The third kappa shape index (κ3) is 1.90. The molecular formula is C9H12ClNO. The molecule has 0 aliphatic carbocycles. The Morgan fingerprint density at radius 1 is 1.58 bits per heavy atom. The zero-order valence-corrected chi connectivity index (χ0v) is 7.67. The Balaban J connectivity index is 3.04. The molecule has 0 saturated carbocycles. The quantitative estimate of drug-likeness (QED) is 0.744. The first-order chi connectivity index (χ1) is 5.65. The van der Waals surface area contributed by atoms with E-state index in [-0.39, 0.29) is 11.8 Å². The molecule has 12 heavy (non-hydrogen) atoms. The average molecular weight is 186 g/mol. The second-order valence-electron chi connectivity index (χ2n) is 2.72. The van der Waals surface area contributed by atoms with Gasteiger partial charge in [0.15, 0.2) is 0 Å². The van der Waals surface area contributed by atoms with Crippen LogP contribution >= 0.6 is 11.6 Å². The highest BCUT2D eigenvalue weighted by Gasteiger charge is 2.08. The van der Waals surface area contributed by atoms with Gasteiger partial charge in [0.2, 0.25) is 0 Å². The molecule has 1 aromatic rings. The summed E-state index contributed by atoms with van der Waals surface area (Å²) in [4.78, 5) is 0. The van der Waals surface area contributed by atoms with Crippen LogP contribution in [0.15, 0.2) is 18.2 Å². The fourth-order valence-corrected chi connectivity index (χ4v) is 1.22. The standard InChI is InChI=1S/C9H12ClNO/c1-2-8(11)7-5-6(10)3-4-9(7)12/h3-5,8,12H,2,11H2,1H3/t8-/m0/s1. The maximum atomic E-state index is 9.40. The molecule has 0 heterocycles. The van der Waals surface area contributed by atoms with Gasteiger partial charge < -0.3 is 10.8 Å². The number of phenols is 1. The molecule has 2 nitrogen and oxygen atoms in total. The van der Waals surface area contributed by atoms with E-state index >= 15 is 0 Å². The van der Waals surface area contributed by atoms with Crippen molar-refractivity contribution in [1.29, 1.82) is 0 Å². The Bertz CT molecular complexity index is 275. The van der Waals surface area contributed by atoms with Gasteiger partial charge in [0.05, 0.1) is 0 Å². The topological polar surface area (TPSA) is 46.2 Å². The average Bonchev–Trinajstić information content (AvgIpc) is 2.08. The van der Waals surface area contributed by atoms with Gasteiger partial charge in [-0.15, -0.1) is 0 Å². The van der Waals surface area contributed by atoms with Crippen LogP contribution in [0.25, 0.3) is 0 Å². The molecule has 0 radical (unpaired) electrons. The monoisotopic (exact) mass is 185 g/mol. The van der Waals surface area contributed by atoms with Crippen LogP contribution in [0.3, 0.4) is 0 Å². The largest absolute Gasteiger partial charge is 0.508 e. The summed E-state index contributed by atoms with van der Waals surface area (Å²) in [6.45, 7) is 1.96. The van der Waals surface area contributed by atoms with E-state index in [9.17, 15) is 5.11 Å². The van der Waals surface area contributed by atoms with Crippen molar-refractivity contribution < 1.29 is 5.11 Å². The van der Waals surface area contributed by atoms with Crippen LogP contribution in [-0.2, 0) is 0 Å². The number of nitrogens with two attached hydrogens (primary N) is 1. The van der Waals surface area contributed by atoms with Crippen LogP contribution in [-0.4, -0.2) is 5.11 Å². The van der Waals surface area contributed by atoms with Gasteiger partial charge in [-0.25, -0.2) is 0 Å². The van der Waals surface area contributed by atoms with E-state index in [1.807, 2.05) is 6.92 Å². The molecule has 0 fully saturated rings. The highest BCUT2D eigenvalue weighted by Crippen LogP contribution is 2.27. The van der Waals surface area contributed by atoms with E-state index < -0.39 is 0 Å². The molecule has 3 heteroatoms. The smallest absolute Gasteiger partial charge is 0.120 e. The first-order valence-corrected chi connectivity index (χ1v) is 4.27. The van der Waals surface area contributed by atoms with Gasteiger partial charge in [-0.1, -0.05) is 18.5 Å². The molecule has 0 aliphatic heterocycles. The van der Waals surface area contributed by atoms with Gasteiger partial charge in [-0.2, -0.15) is 0 Å². The lowest BCUT2D eigenvalue weighted by Gasteiger charge is -2.10. The number of aromatic hydroxyl groups is 1. The van der Waals surface area contributed by atoms with Crippen molar-refractivity contribution in [3.8, 4) is 5.75 Å². The highest BCUT2D eigenvalue weighted by atomic mass is 35.5. The lowest BCUT2D eigenvalue weighted by molar-refractivity contribution is 0.460. The second kappa shape index (κ2) is 3.78. The van der Waals surface area contributed by atoms with Crippen molar-refractivity contribution in [2.75, 3.05) is 0 Å². The molecular weight excluding hydrogens is 174 g/mol. The van der Waals surface area contributed by atoms with Crippen LogP contribution in [0, 0.1) is 0 Å². The van der Waals surface area contributed by atoms with E-state index in [1.165, 1.54) is 0 Å². The van der Waals surface area contributed by atoms with Gasteiger partial charge >= 0.3 is 0 Å². The summed E-state index contributed by atoms with van der Waals surface area (Å²) >= 11 is 5.75. The molecule has 0 bridgehead atoms. The van der Waals surface area contributed by atoms with E-state index in [4.69, 9.17) is 17.3 Å². The maximum absolute atomic E-state index is 9.40. The predicted molar refractivity (Wildman–Crippen MR) is 50.3 cm³/mol. The normalized spacial score (nSPS) is 12.9. The van der Waals surface area contributed by atoms with Crippen LogP contribution in [0.2, 0.25) is 5.02 Å². The first kappa shape index (κ1) is 9.36. The molecule has 0 aromatic heterocycles. The summed E-state index contributed by atoms with van der Waals surface area (Å²) in [5.74, 6) is 0.216. The molecule has 0 spiro atoms. The molecule has 66 valence electrons. The zero-order valence-electron chi connectivity index (χ0n) is 6.92. The lowest BCUT2D eigenvalue weighted by atomic mass is 10.0. The molecule has 1 atom stereocenters. The van der Waals surface area contributed by atoms with Gasteiger partial charge in [0.25, 0.3) is 0 Å². The maximum Gasteiger partial charge on any atom is 0.120 e. The zero-order chi connectivity index (χ0) is 9.14. The lowest BCUT2D eigenvalue weighted by Crippen LogP contribution is -2.08. The minimum absolute atomic E-state index is 0.135. The van der Waals surface area contributed by atoms with Crippen molar-refractivity contribution >= 4 is 11.6 Å². The van der Waals surface area contributed by atoms with Crippen LogP contribution in [0.1, 0.15) is 24.9 Å². The minimum Gasteiger partial charge on any atom is -0.508 e. The number of benzene rings is 1. The van der Waals surface area contributed by atoms with E-state index in [1.54, 1.807) is 18.2 Å². The Kier molecular flexibility index (Phi) is 2.95. The van der Waals surface area contributed by atoms with E-state index in [0.717, 1.165) is 6.42 Å². The van der Waals surface area contributed by atoms with Crippen LogP contribution < -0.4 is 5.73 Å². The van der Waals surface area contributed by atoms with Gasteiger partial charge in [0, 0.05) is 16.6 Å². The third-order valence-electron chi connectivity index (χ3n) is 1.83. The van der Waals surface area contributed by atoms with Crippen LogP contribution in [0.4, 0.5) is 0 Å². The van der Waals surface area contributed by atoms with Gasteiger partial charge in [0.1, 0.15) is 5.75 Å². The molecule has 3 N–H and O–H groups in total. The van der Waals surface area contributed by atoms with Crippen molar-refractivity contribution in [3.63, 3.8) is 0 Å². The molecule has 1 aromatic carbocycles. The Hall–Kier alpha value is -0.730. The van der Waals surface area contributed by atoms with E-state index in [0.29, 0.717) is 10.6 Å². The summed E-state index contributed by atoms with van der Waals surface area (Å²) < 4.78 is 0. The van der Waals surface area contributed by atoms with Gasteiger partial charge in [-0.3, -0.25) is 0 Å². The van der Waals surface area contributed by atoms with Crippen LogP contribution in [0.5, 0.6) is 5.75 Å². The minimum atomic E-state index is -0.135. The summed E-state index contributed by atoms with van der Waals surface area (Å²) in [5.41, 5.74) is 6.46. The number of phenolic OH excluding ortho intramolecular Hbond substituents is 1. The fourth-order valence-electron chi connectivity index (χ4n) is 1.04. The molecule has 0 saturated heterocycles. The van der Waals surface area contributed by atoms with E-state index in [2.05, 4.69) is 0 Å². The first-order valence-electron chi connectivity index (χ1n) is 3.89. The Morgan fingerprint density at radius 2 is 2.25 bits per heavy atom. The van der Waals surface area contributed by atoms with Gasteiger partial charge in [-0.05, 0) is 24.6 Å². The van der Waals surface area contributed by atoms with Crippen molar-refractivity contribution in [1.82, 2.24) is 0 Å². The Labute approximate surface area is 77.0 Å². The molecule has 0 unspecified atom stereocenters. The second-order valence-corrected chi connectivity index (χ2v) is 3.15. The highest BCUT2D eigenvalue weighted by molar-refractivity contribution is 6.30. The summed E-state index contributed by atoms with van der Waals surface area (Å²) in [6.07, 6.45) is 0.786. The summed E-state index contributed by atoms with van der Waals surface area (Å²) in [7, 11) is 0. The van der Waals surface area contributed by atoms with Crippen molar-refractivity contribution in [2.45, 2.75) is 19.4 Å². The number of halogens is 1. The molecule has 0 amide bonds. The predicted octanol–water partition coefficient (Wildman–Crippen LogP) is 2.46. The Morgan fingerprint density at radius 3 is 2.83 bits per heavy atom. The summed E-state index contributed by atoms with van der Waals surface area (Å²) in [5, 5.41) is 10.0. The molecule has 1 rings (SSSR count). The summed E-state index contributed by atoms with van der Waals surface area (Å²) in [6, 6.07) is 4.77. The number of rotatable bonds is 2. The number of hydrogen-bond acceptors (Lipinski definition) is 2. The SMILES string of the molecule is CC[C@H](N)c1cc(Cl)ccc1O. The fraction of sp³-hybridized carbons (Fsp3) is 0.333. The van der Waals surface area contributed by atoms with Crippen molar-refractivity contribution in [3.05, 3.63) is 28.8 Å². The third-order valence-corrected chi connectivity index (χ3v) is 2.06. The number of hydrogen-bond donors (Lipinski definition) is 2.